The molecule has 7 heteroatoms. The molecular formula is C19H21N3O3S. The summed E-state index contributed by atoms with van der Waals surface area (Å²) < 4.78 is 12.6. The molecular weight excluding hydrogens is 350 g/mol. The number of nitrogens with zero attached hydrogens (tertiary/aromatic N) is 3. The van der Waals surface area contributed by atoms with E-state index in [4.69, 9.17) is 9.15 Å². The van der Waals surface area contributed by atoms with Crippen molar-refractivity contribution in [3.8, 4) is 17.1 Å². The molecule has 0 fully saturated rings. The van der Waals surface area contributed by atoms with Crippen molar-refractivity contribution < 1.29 is 13.9 Å². The lowest BCUT2D eigenvalue weighted by atomic mass is 10.1. The first-order valence-corrected chi connectivity index (χ1v) is 9.26. The maximum Gasteiger partial charge on any atom is 0.191 e. The molecule has 0 saturated carbocycles. The number of carbonyl (C=O) groups is 1. The Bertz CT molecular complexity index is 899. The Morgan fingerprint density at radius 3 is 2.62 bits per heavy atom. The van der Waals surface area contributed by atoms with E-state index in [-0.39, 0.29) is 11.0 Å². The van der Waals surface area contributed by atoms with Crippen LogP contribution >= 0.6 is 11.8 Å². The number of aryl methyl sites for hydroxylation is 1. The van der Waals surface area contributed by atoms with Crippen molar-refractivity contribution in [3.05, 3.63) is 47.9 Å². The Hall–Kier alpha value is -2.54. The lowest BCUT2D eigenvalue weighted by Gasteiger charge is -2.10. The Morgan fingerprint density at radius 1 is 1.27 bits per heavy atom. The normalized spacial score (nSPS) is 12.2. The second-order valence-electron chi connectivity index (χ2n) is 5.84. The standard InChI is InChI=1S/C19H21N3O3S/c1-5-24-15-8-6-14(7-9-15)17(23)13(3)26-19-21-20-18(22(19)4)16-10-11-25-12(16)2/h6-11,13H,5H2,1-4H3/t13-/m1/s1. The molecule has 0 unspecified atom stereocenters. The van der Waals surface area contributed by atoms with Crippen molar-refractivity contribution >= 4 is 17.5 Å². The minimum Gasteiger partial charge on any atom is -0.494 e. The van der Waals surface area contributed by atoms with Crippen LogP contribution in [0.4, 0.5) is 0 Å². The molecule has 6 nitrogen and oxygen atoms in total. The van der Waals surface area contributed by atoms with Gasteiger partial charge in [-0.2, -0.15) is 0 Å². The molecule has 3 rings (SSSR count). The number of hydrogen-bond donors (Lipinski definition) is 0. The highest BCUT2D eigenvalue weighted by Gasteiger charge is 2.21. The van der Waals surface area contributed by atoms with Crippen LogP contribution < -0.4 is 4.74 Å². The minimum absolute atomic E-state index is 0.0436. The molecule has 0 amide bonds. The Labute approximate surface area is 156 Å². The summed E-state index contributed by atoms with van der Waals surface area (Å²) in [6, 6.07) is 9.08. The van der Waals surface area contributed by atoms with Gasteiger partial charge in [0.15, 0.2) is 16.8 Å². The predicted molar refractivity (Wildman–Crippen MR) is 101 cm³/mol. The zero-order chi connectivity index (χ0) is 18.7. The van der Waals surface area contributed by atoms with Crippen molar-refractivity contribution in [3.63, 3.8) is 0 Å². The Balaban J connectivity index is 1.73. The zero-order valence-electron chi connectivity index (χ0n) is 15.2. The number of ether oxygens (including phenoxy) is 1. The van der Waals surface area contributed by atoms with E-state index in [1.165, 1.54) is 11.8 Å². The maximum absolute atomic E-state index is 12.7. The van der Waals surface area contributed by atoms with Crippen LogP contribution in [0.15, 0.2) is 46.2 Å². The van der Waals surface area contributed by atoms with Gasteiger partial charge in [0.1, 0.15) is 11.5 Å². The first-order chi connectivity index (χ1) is 12.5. The molecule has 0 N–H and O–H groups in total. The van der Waals surface area contributed by atoms with Gasteiger partial charge < -0.3 is 13.7 Å². The van der Waals surface area contributed by atoms with Crippen molar-refractivity contribution in [1.82, 2.24) is 14.8 Å². The monoisotopic (exact) mass is 371 g/mol. The maximum atomic E-state index is 12.7. The fraction of sp³-hybridized carbons (Fsp3) is 0.316. The highest BCUT2D eigenvalue weighted by molar-refractivity contribution is 8.00. The number of furan rings is 1. The zero-order valence-corrected chi connectivity index (χ0v) is 16.0. The third kappa shape index (κ3) is 3.67. The van der Waals surface area contributed by atoms with Gasteiger partial charge in [0, 0.05) is 12.6 Å². The second-order valence-corrected chi connectivity index (χ2v) is 7.15. The summed E-state index contributed by atoms with van der Waals surface area (Å²) in [6.07, 6.45) is 1.63. The van der Waals surface area contributed by atoms with Crippen LogP contribution in [0.5, 0.6) is 5.75 Å². The van der Waals surface area contributed by atoms with Gasteiger partial charge in [-0.15, -0.1) is 10.2 Å². The number of Topliss-reactive ketones (excluding diaryl/α,β-unsaturated/α-hetero) is 1. The predicted octanol–water partition coefficient (Wildman–Crippen LogP) is 4.15. The van der Waals surface area contributed by atoms with E-state index in [1.807, 2.05) is 50.6 Å². The highest BCUT2D eigenvalue weighted by atomic mass is 32.2. The summed E-state index contributed by atoms with van der Waals surface area (Å²) in [7, 11) is 1.89. The highest BCUT2D eigenvalue weighted by Crippen LogP contribution is 2.29. The van der Waals surface area contributed by atoms with Crippen LogP contribution in [0.1, 0.15) is 30.0 Å². The van der Waals surface area contributed by atoms with Gasteiger partial charge in [-0.3, -0.25) is 4.79 Å². The van der Waals surface area contributed by atoms with E-state index in [0.717, 1.165) is 22.9 Å². The molecule has 136 valence electrons. The van der Waals surface area contributed by atoms with E-state index in [9.17, 15) is 4.79 Å². The summed E-state index contributed by atoms with van der Waals surface area (Å²) in [5.74, 6) is 2.31. The summed E-state index contributed by atoms with van der Waals surface area (Å²) in [5.41, 5.74) is 1.55. The van der Waals surface area contributed by atoms with Gasteiger partial charge in [0.2, 0.25) is 0 Å². The molecule has 2 heterocycles. The third-order valence-corrected chi connectivity index (χ3v) is 5.17. The summed E-state index contributed by atoms with van der Waals surface area (Å²) >= 11 is 1.39. The van der Waals surface area contributed by atoms with Gasteiger partial charge >= 0.3 is 0 Å². The quantitative estimate of drug-likeness (QED) is 0.459. The lowest BCUT2D eigenvalue weighted by molar-refractivity contribution is 0.0994. The van der Waals surface area contributed by atoms with Crippen molar-refractivity contribution in [2.45, 2.75) is 31.2 Å². The van der Waals surface area contributed by atoms with Crippen LogP contribution in [-0.4, -0.2) is 32.4 Å². The first-order valence-electron chi connectivity index (χ1n) is 8.38. The van der Waals surface area contributed by atoms with Gasteiger partial charge in [-0.1, -0.05) is 11.8 Å². The SMILES string of the molecule is CCOc1ccc(C(=O)[C@@H](C)Sc2nnc(-c3ccoc3C)n2C)cc1. The molecule has 26 heavy (non-hydrogen) atoms. The van der Waals surface area contributed by atoms with Crippen molar-refractivity contribution in [2.75, 3.05) is 6.61 Å². The van der Waals surface area contributed by atoms with Crippen LogP contribution in [-0.2, 0) is 7.05 Å². The number of rotatable bonds is 7. The molecule has 0 bridgehead atoms. The first kappa shape index (κ1) is 18.3. The molecule has 0 spiro atoms. The van der Waals surface area contributed by atoms with Crippen LogP contribution in [0.2, 0.25) is 0 Å². The number of thioether (sulfide) groups is 1. The molecule has 0 aliphatic heterocycles. The average molecular weight is 371 g/mol. The largest absolute Gasteiger partial charge is 0.494 e. The Morgan fingerprint density at radius 2 is 2.00 bits per heavy atom. The average Bonchev–Trinajstić information content (AvgIpc) is 3.21. The number of aromatic nitrogens is 3. The fourth-order valence-electron chi connectivity index (χ4n) is 2.60. The molecule has 2 aromatic heterocycles. The van der Waals surface area contributed by atoms with Crippen LogP contribution in [0.25, 0.3) is 11.4 Å². The molecule has 0 saturated heterocycles. The number of benzene rings is 1. The second kappa shape index (κ2) is 7.78. The van der Waals surface area contributed by atoms with E-state index in [0.29, 0.717) is 17.3 Å². The van der Waals surface area contributed by atoms with Gasteiger partial charge in [-0.05, 0) is 51.1 Å². The molecule has 1 aromatic carbocycles. The van der Waals surface area contributed by atoms with Gasteiger partial charge in [-0.25, -0.2) is 0 Å². The van der Waals surface area contributed by atoms with Gasteiger partial charge in [0.25, 0.3) is 0 Å². The summed E-state index contributed by atoms with van der Waals surface area (Å²) in [5, 5.41) is 8.87. The minimum atomic E-state index is -0.283. The number of carbonyl (C=O) groups excluding carboxylic acids is 1. The van der Waals surface area contributed by atoms with E-state index in [2.05, 4.69) is 10.2 Å². The number of ketones is 1. The van der Waals surface area contributed by atoms with E-state index in [1.54, 1.807) is 18.4 Å². The topological polar surface area (TPSA) is 70.2 Å². The lowest BCUT2D eigenvalue weighted by Crippen LogP contribution is -2.14. The number of hydrogen-bond acceptors (Lipinski definition) is 6. The van der Waals surface area contributed by atoms with Crippen molar-refractivity contribution in [2.24, 2.45) is 7.05 Å². The molecule has 3 aromatic rings. The molecule has 0 aliphatic rings. The van der Waals surface area contributed by atoms with Crippen LogP contribution in [0, 0.1) is 6.92 Å². The smallest absolute Gasteiger partial charge is 0.191 e. The van der Waals surface area contributed by atoms with Crippen molar-refractivity contribution in [1.29, 1.82) is 0 Å². The molecule has 0 aliphatic carbocycles. The van der Waals surface area contributed by atoms with Gasteiger partial charge in [0.05, 0.1) is 23.7 Å². The molecule has 1 atom stereocenters. The van der Waals surface area contributed by atoms with E-state index >= 15 is 0 Å². The summed E-state index contributed by atoms with van der Waals surface area (Å²) in [6.45, 7) is 6.29. The Kier molecular flexibility index (Phi) is 5.46. The van der Waals surface area contributed by atoms with E-state index < -0.39 is 0 Å². The van der Waals surface area contributed by atoms with Crippen LogP contribution in [0.3, 0.4) is 0 Å². The summed E-state index contributed by atoms with van der Waals surface area (Å²) in [4.78, 5) is 12.7. The third-order valence-electron chi connectivity index (χ3n) is 4.04. The fourth-order valence-corrected chi connectivity index (χ4v) is 3.49. The molecule has 0 radical (unpaired) electrons.